The first-order valence-corrected chi connectivity index (χ1v) is 17.5. The Hall–Kier alpha value is -4.28. The number of carbonyl (C=O) groups is 2. The third-order valence-corrected chi connectivity index (χ3v) is 10.7. The van der Waals surface area contributed by atoms with Crippen molar-refractivity contribution in [2.75, 3.05) is 0 Å². The van der Waals surface area contributed by atoms with E-state index >= 15 is 0 Å². The van der Waals surface area contributed by atoms with Crippen LogP contribution in [0.1, 0.15) is 65.6 Å². The van der Waals surface area contributed by atoms with Crippen molar-refractivity contribution in [3.63, 3.8) is 0 Å². The highest BCUT2D eigenvalue weighted by atomic mass is 127. The van der Waals surface area contributed by atoms with Gasteiger partial charge in [0, 0.05) is 24.2 Å². The Morgan fingerprint density at radius 2 is 1.02 bits per heavy atom. The normalized spacial score (nSPS) is 16.9. The summed E-state index contributed by atoms with van der Waals surface area (Å²) in [6.45, 7) is 0. The van der Waals surface area contributed by atoms with Gasteiger partial charge in [0.05, 0.1) is 16.5 Å². The third kappa shape index (κ3) is 5.09. The van der Waals surface area contributed by atoms with Crippen molar-refractivity contribution in [3.8, 4) is 11.5 Å². The second kappa shape index (κ2) is 12.1. The van der Waals surface area contributed by atoms with Crippen molar-refractivity contribution in [2.45, 2.75) is 17.8 Å². The highest BCUT2D eigenvalue weighted by Gasteiger charge is 2.54. The van der Waals surface area contributed by atoms with Crippen molar-refractivity contribution in [1.29, 1.82) is 0 Å². The molecular formula is C41H26I2O4. The first-order chi connectivity index (χ1) is 22.9. The lowest BCUT2D eigenvalue weighted by Gasteiger charge is -2.51. The second-order valence-electron chi connectivity index (χ2n) is 11.8. The zero-order chi connectivity index (χ0) is 32.1. The first-order valence-electron chi connectivity index (χ1n) is 15.3. The number of benzene rings is 6. The number of hydrogen-bond acceptors (Lipinski definition) is 4. The van der Waals surface area contributed by atoms with Gasteiger partial charge in [0.2, 0.25) is 0 Å². The van der Waals surface area contributed by atoms with Crippen molar-refractivity contribution < 1.29 is 19.1 Å². The molecule has 47 heavy (non-hydrogen) atoms. The molecule has 0 aromatic heterocycles. The van der Waals surface area contributed by atoms with E-state index in [0.717, 1.165) is 46.1 Å². The fourth-order valence-electron chi connectivity index (χ4n) is 7.32. The molecule has 0 saturated heterocycles. The Morgan fingerprint density at radius 1 is 0.553 bits per heavy atom. The Bertz CT molecular complexity index is 2130. The highest BCUT2D eigenvalue weighted by molar-refractivity contribution is 14.1. The fourth-order valence-corrected chi connectivity index (χ4v) is 8.04. The van der Waals surface area contributed by atoms with Crippen LogP contribution in [0.15, 0.2) is 140 Å². The summed E-state index contributed by atoms with van der Waals surface area (Å²) in [5, 5.41) is 0. The maximum Gasteiger partial charge on any atom is 0.343 e. The molecule has 0 heterocycles. The SMILES string of the molecule is O=C(Oc1ccc(OC(=O)c2ccc(I)cc2)c2c1C1c3ccccc3C2(Cc2ccccc2)c2ccccc21)c1ccc(I)cc1. The molecule has 228 valence electrons. The lowest BCUT2D eigenvalue weighted by atomic mass is 9.51. The average Bonchev–Trinajstić information content (AvgIpc) is 3.10. The van der Waals surface area contributed by atoms with Gasteiger partial charge in [0.1, 0.15) is 11.5 Å². The van der Waals surface area contributed by atoms with Gasteiger partial charge >= 0.3 is 11.9 Å². The molecule has 2 bridgehead atoms. The molecule has 0 N–H and O–H groups in total. The molecule has 0 saturated carbocycles. The number of rotatable bonds is 6. The quantitative estimate of drug-likeness (QED) is 0.0954. The molecule has 0 amide bonds. The van der Waals surface area contributed by atoms with E-state index in [2.05, 4.69) is 118 Å². The Labute approximate surface area is 300 Å². The van der Waals surface area contributed by atoms with E-state index in [1.807, 2.05) is 30.3 Å². The molecule has 9 rings (SSSR count). The van der Waals surface area contributed by atoms with E-state index in [4.69, 9.17) is 9.47 Å². The molecule has 0 unspecified atom stereocenters. The summed E-state index contributed by atoms with van der Waals surface area (Å²) in [7, 11) is 0. The lowest BCUT2D eigenvalue weighted by Crippen LogP contribution is -2.44. The van der Waals surface area contributed by atoms with Crippen LogP contribution in [0.25, 0.3) is 0 Å². The van der Waals surface area contributed by atoms with Crippen LogP contribution in [0.2, 0.25) is 0 Å². The maximum atomic E-state index is 13.7. The topological polar surface area (TPSA) is 52.6 Å². The van der Waals surface area contributed by atoms with E-state index in [1.165, 1.54) is 0 Å². The standard InChI is InChI=1S/C41H26I2O4/c42-28-18-14-26(15-19-28)39(44)46-34-22-23-35(47-40(45)27-16-20-29(43)21-17-27)38-37(34)36-30-10-4-6-12-32(30)41(38,24-25-8-2-1-3-9-25)33-13-7-5-11-31(33)36/h1-23,36H,24H2. The number of hydrogen-bond donors (Lipinski definition) is 0. The molecule has 0 fully saturated rings. The molecule has 4 nitrogen and oxygen atoms in total. The molecule has 6 aromatic rings. The molecule has 6 aromatic carbocycles. The summed E-state index contributed by atoms with van der Waals surface area (Å²) < 4.78 is 14.7. The molecule has 0 radical (unpaired) electrons. The summed E-state index contributed by atoms with van der Waals surface area (Å²) in [5.41, 5.74) is 7.68. The number of esters is 2. The zero-order valence-electron chi connectivity index (χ0n) is 25.0. The van der Waals surface area contributed by atoms with Crippen LogP contribution in [-0.4, -0.2) is 11.9 Å². The summed E-state index contributed by atoms with van der Waals surface area (Å²) in [5.74, 6) is -0.185. The van der Waals surface area contributed by atoms with Crippen LogP contribution >= 0.6 is 45.2 Å². The minimum absolute atomic E-state index is 0.230. The van der Waals surface area contributed by atoms with Crippen molar-refractivity contribution >= 4 is 57.1 Å². The zero-order valence-corrected chi connectivity index (χ0v) is 29.3. The summed E-state index contributed by atoms with van der Waals surface area (Å²) in [6, 6.07) is 45.7. The smallest absolute Gasteiger partial charge is 0.343 e. The van der Waals surface area contributed by atoms with Gasteiger partial charge in [-0.2, -0.15) is 0 Å². The van der Waals surface area contributed by atoms with Gasteiger partial charge in [-0.05, 0) is 140 Å². The van der Waals surface area contributed by atoms with Crippen LogP contribution in [0.4, 0.5) is 0 Å². The lowest BCUT2D eigenvalue weighted by molar-refractivity contribution is 0.0714. The molecule has 0 atom stereocenters. The second-order valence-corrected chi connectivity index (χ2v) is 14.3. The van der Waals surface area contributed by atoms with E-state index < -0.39 is 17.4 Å². The van der Waals surface area contributed by atoms with Gasteiger partial charge in [0.15, 0.2) is 0 Å². The van der Waals surface area contributed by atoms with Gasteiger partial charge in [-0.25, -0.2) is 9.59 Å². The van der Waals surface area contributed by atoms with Gasteiger partial charge in [-0.3, -0.25) is 0 Å². The minimum atomic E-state index is -0.731. The van der Waals surface area contributed by atoms with Gasteiger partial charge in [-0.1, -0.05) is 78.9 Å². The first kappa shape index (κ1) is 30.1. The van der Waals surface area contributed by atoms with Crippen LogP contribution < -0.4 is 9.47 Å². The molecule has 0 aliphatic heterocycles. The molecule has 6 heteroatoms. The minimum Gasteiger partial charge on any atom is -0.423 e. The average molecular weight is 836 g/mol. The molecule has 0 spiro atoms. The van der Waals surface area contributed by atoms with Crippen LogP contribution in [0, 0.1) is 7.14 Å². The predicted molar refractivity (Wildman–Crippen MR) is 199 cm³/mol. The van der Waals surface area contributed by atoms with Gasteiger partial charge in [-0.15, -0.1) is 0 Å². The van der Waals surface area contributed by atoms with Crippen molar-refractivity contribution in [1.82, 2.24) is 0 Å². The number of carbonyl (C=O) groups excluding carboxylic acids is 2. The summed E-state index contributed by atoms with van der Waals surface area (Å²) >= 11 is 4.44. The van der Waals surface area contributed by atoms with E-state index in [1.54, 1.807) is 36.4 Å². The van der Waals surface area contributed by atoms with Gasteiger partial charge in [0.25, 0.3) is 0 Å². The van der Waals surface area contributed by atoms with E-state index in [0.29, 0.717) is 29.0 Å². The maximum absolute atomic E-state index is 13.7. The van der Waals surface area contributed by atoms with E-state index in [-0.39, 0.29) is 5.92 Å². The number of ether oxygens (including phenoxy) is 2. The summed E-state index contributed by atoms with van der Waals surface area (Å²) in [4.78, 5) is 27.4. The Balaban J connectivity index is 1.39. The fraction of sp³-hybridized carbons (Fsp3) is 0.0732. The van der Waals surface area contributed by atoms with E-state index in [9.17, 15) is 9.59 Å². The number of halogens is 2. The predicted octanol–water partition coefficient (Wildman–Crippen LogP) is 9.72. The van der Waals surface area contributed by atoms with Crippen LogP contribution in [-0.2, 0) is 11.8 Å². The highest BCUT2D eigenvalue weighted by Crippen LogP contribution is 2.64. The Kier molecular flexibility index (Phi) is 7.72. The van der Waals surface area contributed by atoms with Crippen molar-refractivity contribution in [3.05, 3.63) is 197 Å². The largest absolute Gasteiger partial charge is 0.423 e. The molecular weight excluding hydrogens is 810 g/mol. The molecule has 3 aliphatic rings. The monoisotopic (exact) mass is 836 g/mol. The van der Waals surface area contributed by atoms with Crippen LogP contribution in [0.5, 0.6) is 11.5 Å². The van der Waals surface area contributed by atoms with Crippen molar-refractivity contribution in [2.24, 2.45) is 0 Å². The van der Waals surface area contributed by atoms with Crippen LogP contribution in [0.3, 0.4) is 0 Å². The third-order valence-electron chi connectivity index (χ3n) is 9.22. The Morgan fingerprint density at radius 3 is 1.57 bits per heavy atom. The molecule has 3 aliphatic carbocycles. The van der Waals surface area contributed by atoms with Gasteiger partial charge < -0.3 is 9.47 Å². The summed E-state index contributed by atoms with van der Waals surface area (Å²) in [6.07, 6.45) is 0.615.